The summed E-state index contributed by atoms with van der Waals surface area (Å²) in [5.74, 6) is -3.11. The lowest BCUT2D eigenvalue weighted by Crippen LogP contribution is -2.25. The summed E-state index contributed by atoms with van der Waals surface area (Å²) in [5.41, 5.74) is -1.51. The van der Waals surface area contributed by atoms with Crippen molar-refractivity contribution in [2.75, 3.05) is 6.54 Å². The lowest BCUT2D eigenvalue weighted by Gasteiger charge is -2.06. The normalized spacial score (nSPS) is 10.3. The van der Waals surface area contributed by atoms with E-state index < -0.39 is 33.7 Å². The van der Waals surface area contributed by atoms with Gasteiger partial charge in [-0.1, -0.05) is 26.2 Å². The Morgan fingerprint density at radius 2 is 1.95 bits per heavy atom. The summed E-state index contributed by atoms with van der Waals surface area (Å²) in [4.78, 5) is 21.0. The average Bonchev–Trinajstić information content (AvgIpc) is 2.40. The van der Waals surface area contributed by atoms with E-state index in [2.05, 4.69) is 5.32 Å². The Bertz CT molecular complexity index is 507. The molecule has 110 valence electrons. The maximum absolute atomic E-state index is 13.5. The maximum atomic E-state index is 13.5. The van der Waals surface area contributed by atoms with Crippen LogP contribution in [-0.4, -0.2) is 17.4 Å². The van der Waals surface area contributed by atoms with E-state index in [0.29, 0.717) is 18.7 Å². The summed E-state index contributed by atoms with van der Waals surface area (Å²) in [6.07, 6.45) is 3.77. The monoisotopic (exact) mass is 286 g/mol. The molecule has 1 N–H and O–H groups in total. The Kier molecular flexibility index (Phi) is 6.02. The fourth-order valence-corrected chi connectivity index (χ4v) is 1.70. The van der Waals surface area contributed by atoms with E-state index in [1.807, 2.05) is 6.92 Å². The van der Waals surface area contributed by atoms with Crippen LogP contribution < -0.4 is 5.32 Å². The summed E-state index contributed by atoms with van der Waals surface area (Å²) in [7, 11) is 0. The summed E-state index contributed by atoms with van der Waals surface area (Å²) < 4.78 is 26.9. The number of nitro groups is 1. The number of nitrogens with one attached hydrogen (secondary N) is 1. The van der Waals surface area contributed by atoms with Crippen molar-refractivity contribution in [2.24, 2.45) is 0 Å². The molecular formula is C13H16F2N2O3. The van der Waals surface area contributed by atoms with Crippen molar-refractivity contribution in [2.45, 2.75) is 32.6 Å². The van der Waals surface area contributed by atoms with Crippen LogP contribution in [0.3, 0.4) is 0 Å². The average molecular weight is 286 g/mol. The molecule has 0 aromatic heterocycles. The predicted octanol–water partition coefficient (Wildman–Crippen LogP) is 3.18. The molecule has 0 atom stereocenters. The van der Waals surface area contributed by atoms with Gasteiger partial charge in [0, 0.05) is 6.54 Å². The van der Waals surface area contributed by atoms with Gasteiger partial charge in [-0.2, -0.15) is 4.39 Å². The van der Waals surface area contributed by atoms with Crippen molar-refractivity contribution < 1.29 is 18.5 Å². The molecule has 0 aliphatic rings. The molecule has 5 nitrogen and oxygen atoms in total. The lowest BCUT2D eigenvalue weighted by molar-refractivity contribution is -0.387. The number of unbranched alkanes of at least 4 members (excludes halogenated alkanes) is 3. The quantitative estimate of drug-likeness (QED) is 0.475. The molecule has 0 saturated carbocycles. The molecule has 0 aliphatic heterocycles. The first-order chi connectivity index (χ1) is 9.47. The third-order valence-electron chi connectivity index (χ3n) is 2.79. The largest absolute Gasteiger partial charge is 0.352 e. The zero-order valence-electron chi connectivity index (χ0n) is 11.1. The highest BCUT2D eigenvalue weighted by Crippen LogP contribution is 2.21. The number of nitrogens with zero attached hydrogens (tertiary/aromatic N) is 1. The van der Waals surface area contributed by atoms with Crippen molar-refractivity contribution in [3.63, 3.8) is 0 Å². The second-order valence-electron chi connectivity index (χ2n) is 4.36. The zero-order valence-corrected chi connectivity index (χ0v) is 11.1. The second kappa shape index (κ2) is 7.52. The smallest absolute Gasteiger partial charge is 0.307 e. The highest BCUT2D eigenvalue weighted by atomic mass is 19.1. The Morgan fingerprint density at radius 3 is 2.55 bits per heavy atom. The van der Waals surface area contributed by atoms with Crippen LogP contribution in [0.15, 0.2) is 12.1 Å². The van der Waals surface area contributed by atoms with Crippen LogP contribution in [0.25, 0.3) is 0 Å². The van der Waals surface area contributed by atoms with E-state index in [0.717, 1.165) is 25.7 Å². The van der Waals surface area contributed by atoms with Crippen molar-refractivity contribution in [1.29, 1.82) is 0 Å². The van der Waals surface area contributed by atoms with Gasteiger partial charge in [0.1, 0.15) is 5.82 Å². The van der Waals surface area contributed by atoms with Crippen LogP contribution in [-0.2, 0) is 0 Å². The van der Waals surface area contributed by atoms with Crippen molar-refractivity contribution in [1.82, 2.24) is 5.32 Å². The molecule has 7 heteroatoms. The van der Waals surface area contributed by atoms with Crippen LogP contribution in [0.5, 0.6) is 0 Å². The summed E-state index contributed by atoms with van der Waals surface area (Å²) in [5, 5.41) is 12.9. The number of rotatable bonds is 7. The van der Waals surface area contributed by atoms with Gasteiger partial charge in [-0.15, -0.1) is 0 Å². The van der Waals surface area contributed by atoms with Gasteiger partial charge in [-0.05, 0) is 12.5 Å². The van der Waals surface area contributed by atoms with Gasteiger partial charge >= 0.3 is 5.69 Å². The van der Waals surface area contributed by atoms with E-state index in [4.69, 9.17) is 0 Å². The van der Waals surface area contributed by atoms with Gasteiger partial charge in [0.05, 0.1) is 16.6 Å². The first-order valence-corrected chi connectivity index (χ1v) is 6.39. The number of halogens is 2. The Hall–Kier alpha value is -2.05. The minimum absolute atomic E-state index is 0.358. The highest BCUT2D eigenvalue weighted by molar-refractivity contribution is 5.94. The van der Waals surface area contributed by atoms with Crippen LogP contribution in [0.4, 0.5) is 14.5 Å². The number of carbonyl (C=O) groups is 1. The number of carbonyl (C=O) groups excluding carboxylic acids is 1. The fraction of sp³-hybridized carbons (Fsp3) is 0.462. The third-order valence-corrected chi connectivity index (χ3v) is 2.79. The highest BCUT2D eigenvalue weighted by Gasteiger charge is 2.21. The van der Waals surface area contributed by atoms with E-state index in [9.17, 15) is 23.7 Å². The van der Waals surface area contributed by atoms with Gasteiger partial charge in [-0.25, -0.2) is 4.39 Å². The molecule has 0 fully saturated rings. The predicted molar refractivity (Wildman–Crippen MR) is 69.5 cm³/mol. The van der Waals surface area contributed by atoms with Gasteiger partial charge < -0.3 is 5.32 Å². The van der Waals surface area contributed by atoms with Crippen molar-refractivity contribution in [3.05, 3.63) is 39.4 Å². The number of benzene rings is 1. The number of hydrogen-bond donors (Lipinski definition) is 1. The molecule has 0 bridgehead atoms. The van der Waals surface area contributed by atoms with Gasteiger partial charge in [0.15, 0.2) is 0 Å². The van der Waals surface area contributed by atoms with Crippen LogP contribution in [0, 0.1) is 21.7 Å². The van der Waals surface area contributed by atoms with E-state index in [1.54, 1.807) is 0 Å². The van der Waals surface area contributed by atoms with Crippen LogP contribution >= 0.6 is 0 Å². The first kappa shape index (κ1) is 16.0. The fourth-order valence-electron chi connectivity index (χ4n) is 1.70. The molecule has 1 rings (SSSR count). The van der Waals surface area contributed by atoms with Crippen molar-refractivity contribution in [3.8, 4) is 0 Å². The lowest BCUT2D eigenvalue weighted by atomic mass is 10.1. The molecule has 1 aromatic rings. The number of hydrogen-bond acceptors (Lipinski definition) is 3. The molecule has 20 heavy (non-hydrogen) atoms. The standard InChI is InChI=1S/C13H16F2N2O3/c1-2-3-4-5-6-16-13(18)9-7-11(15)12(17(19)20)8-10(9)14/h7-8H,2-6H2,1H3,(H,16,18). The topological polar surface area (TPSA) is 72.2 Å². The van der Waals surface area contributed by atoms with Crippen LogP contribution in [0.2, 0.25) is 0 Å². The first-order valence-electron chi connectivity index (χ1n) is 6.39. The van der Waals surface area contributed by atoms with E-state index in [-0.39, 0.29) is 0 Å². The molecular weight excluding hydrogens is 270 g/mol. The van der Waals surface area contributed by atoms with Gasteiger partial charge in [0.25, 0.3) is 5.91 Å². The second-order valence-corrected chi connectivity index (χ2v) is 4.36. The molecule has 0 heterocycles. The molecule has 0 saturated heterocycles. The maximum Gasteiger partial charge on any atom is 0.307 e. The van der Waals surface area contributed by atoms with Gasteiger partial charge in [-0.3, -0.25) is 14.9 Å². The van der Waals surface area contributed by atoms with Gasteiger partial charge in [0.2, 0.25) is 5.82 Å². The minimum Gasteiger partial charge on any atom is -0.352 e. The molecule has 0 unspecified atom stereocenters. The van der Waals surface area contributed by atoms with E-state index >= 15 is 0 Å². The Morgan fingerprint density at radius 1 is 1.25 bits per heavy atom. The SMILES string of the molecule is CCCCCCNC(=O)c1cc(F)c([N+](=O)[O-])cc1F. The zero-order chi connectivity index (χ0) is 15.1. The summed E-state index contributed by atoms with van der Waals surface area (Å²) >= 11 is 0. The third kappa shape index (κ3) is 4.25. The number of nitro benzene ring substituents is 1. The van der Waals surface area contributed by atoms with E-state index in [1.165, 1.54) is 0 Å². The molecule has 0 radical (unpaired) electrons. The number of amides is 1. The minimum atomic E-state index is -1.23. The Balaban J connectivity index is 2.69. The van der Waals surface area contributed by atoms with Crippen molar-refractivity contribution >= 4 is 11.6 Å². The van der Waals surface area contributed by atoms with Crippen LogP contribution in [0.1, 0.15) is 43.0 Å². The molecule has 0 spiro atoms. The summed E-state index contributed by atoms with van der Waals surface area (Å²) in [6.45, 7) is 2.41. The molecule has 1 amide bonds. The molecule has 0 aliphatic carbocycles. The Labute approximate surface area is 115 Å². The molecule has 1 aromatic carbocycles. The summed E-state index contributed by atoms with van der Waals surface area (Å²) in [6, 6.07) is 0.968.